The minimum Gasteiger partial charge on any atom is -0.450 e. The Morgan fingerprint density at radius 2 is 1.40 bits per heavy atom. The topological polar surface area (TPSA) is 298 Å². The fraction of sp³-hybridized carbons (Fsp3) is 0.519. The lowest BCUT2D eigenvalue weighted by Crippen LogP contribution is -2.70. The molecule has 0 radical (unpaired) electrons. The molecule has 25 nitrogen and oxygen atoms in total. The SMILES string of the molecule is CC(C)(C)OC(=O)NC(=NCc1cnn(C[C@H]2NC(=O)[C@H]2NC(=O)/C(=N\OC2(C(=O)OC(c3ccccc3)c3ccccc3)CC2)c2csc(NC(=O)OC(C)(C)C)n2)n1)N(CC1CN(C(=O)OC(C)(C)C)C1)C(=O)OC(C)(C)C. The Kier molecular flexibility index (Phi) is 17.9. The van der Waals surface area contributed by atoms with E-state index in [9.17, 15) is 33.6 Å². The molecular formula is C54H70N12O13S. The van der Waals surface area contributed by atoms with Crippen molar-refractivity contribution < 1.29 is 62.1 Å². The molecule has 2 aromatic carbocycles. The lowest BCUT2D eigenvalue weighted by atomic mass is 9.98. The van der Waals surface area contributed by atoms with Gasteiger partial charge in [-0.05, 0) is 94.2 Å². The highest BCUT2D eigenvalue weighted by Gasteiger charge is 2.57. The van der Waals surface area contributed by atoms with E-state index >= 15 is 0 Å². The van der Waals surface area contributed by atoms with Gasteiger partial charge in [-0.3, -0.25) is 20.2 Å². The number of alkyl carbamates (subject to hydrolysis) is 1. The first-order chi connectivity index (χ1) is 37.4. The number of carbonyl (C=O) groups excluding carboxylic acids is 7. The second-order valence-corrected chi connectivity index (χ2v) is 24.2. The van der Waals surface area contributed by atoms with Crippen LogP contribution in [0.25, 0.3) is 0 Å². The standard InChI is InChI=1S/C54H70N12O13S/c1-50(2,3)75-46(70)60-44(65(49(73)78-53(10,11)12)29-32-27-64(28-32)48(72)77-52(7,8)9)55-25-35-26-56-66(62-35)30-36-38(41(67)57-36)59-42(68)39(37-31-80-45(58-37)61-47(71)76-51(4,5)6)63-79-54(23-24-54)43(69)74-40(33-19-15-13-16-20-33)34-21-17-14-18-22-34/h13-22,26,31-32,36,38,40H,23-25,27-30H2,1-12H3,(H,57,67)(H,59,68)(H,55,60,70)(H,58,61,71)/b63-39-/t36-,38+/m1/s1. The third-order valence-electron chi connectivity index (χ3n) is 11.6. The molecule has 6 amide bonds. The number of nitrogens with one attached hydrogen (secondary N) is 4. The van der Waals surface area contributed by atoms with Gasteiger partial charge in [-0.1, -0.05) is 65.8 Å². The summed E-state index contributed by atoms with van der Waals surface area (Å²) in [5.41, 5.74) is -3.67. The fourth-order valence-corrected chi connectivity index (χ4v) is 8.46. The third kappa shape index (κ3) is 16.9. The highest BCUT2D eigenvalue weighted by Crippen LogP contribution is 2.43. The molecule has 3 aliphatic rings. The van der Waals surface area contributed by atoms with Crippen LogP contribution < -0.4 is 21.3 Å². The summed E-state index contributed by atoms with van der Waals surface area (Å²) < 4.78 is 28.2. The van der Waals surface area contributed by atoms with Gasteiger partial charge >= 0.3 is 30.3 Å². The molecule has 4 N–H and O–H groups in total. The van der Waals surface area contributed by atoms with E-state index < -0.39 is 94.1 Å². The number of amides is 6. The molecular weight excluding hydrogens is 1060 g/mol. The van der Waals surface area contributed by atoms with Gasteiger partial charge < -0.3 is 44.1 Å². The molecule has 0 bridgehead atoms. The summed E-state index contributed by atoms with van der Waals surface area (Å²) >= 11 is 0.967. The van der Waals surface area contributed by atoms with Crippen molar-refractivity contribution in [2.45, 2.75) is 155 Å². The highest BCUT2D eigenvalue weighted by molar-refractivity contribution is 7.14. The van der Waals surface area contributed by atoms with Crippen LogP contribution in [0.3, 0.4) is 0 Å². The van der Waals surface area contributed by atoms with Crippen molar-refractivity contribution in [1.29, 1.82) is 0 Å². The number of guanidine groups is 1. The molecule has 0 unspecified atom stereocenters. The monoisotopic (exact) mass is 1130 g/mol. The molecule has 2 aliphatic heterocycles. The Morgan fingerprint density at radius 1 is 0.812 bits per heavy atom. The lowest BCUT2D eigenvalue weighted by Gasteiger charge is -2.41. The minimum absolute atomic E-state index is 0.00742. The predicted molar refractivity (Wildman–Crippen MR) is 291 cm³/mol. The summed E-state index contributed by atoms with van der Waals surface area (Å²) in [7, 11) is 0. The molecule has 26 heteroatoms. The smallest absolute Gasteiger partial charge is 0.417 e. The molecule has 3 fully saturated rings. The van der Waals surface area contributed by atoms with Crippen molar-refractivity contribution in [2.24, 2.45) is 16.1 Å². The molecule has 2 saturated heterocycles. The van der Waals surface area contributed by atoms with Crippen molar-refractivity contribution in [3.05, 3.63) is 94.8 Å². The van der Waals surface area contributed by atoms with Crippen LogP contribution in [-0.4, -0.2) is 143 Å². The van der Waals surface area contributed by atoms with Crippen molar-refractivity contribution in [3.63, 3.8) is 0 Å². The number of thiazole rings is 1. The molecule has 7 rings (SSSR count). The van der Waals surface area contributed by atoms with Crippen molar-refractivity contribution in [1.82, 2.24) is 45.7 Å². The molecule has 430 valence electrons. The average molecular weight is 1130 g/mol. The Balaban J connectivity index is 1.08. The first-order valence-electron chi connectivity index (χ1n) is 26.0. The molecule has 1 saturated carbocycles. The molecule has 0 spiro atoms. The van der Waals surface area contributed by atoms with E-state index in [2.05, 4.69) is 46.6 Å². The first kappa shape index (κ1) is 59.5. The lowest BCUT2D eigenvalue weighted by molar-refractivity contribution is -0.164. The molecule has 2 atom stereocenters. The number of esters is 1. The van der Waals surface area contributed by atoms with E-state index in [-0.39, 0.29) is 74.0 Å². The normalized spacial score (nSPS) is 17.4. The second-order valence-electron chi connectivity index (χ2n) is 23.4. The maximum atomic E-state index is 14.3. The van der Waals surface area contributed by atoms with E-state index in [0.29, 0.717) is 0 Å². The van der Waals surface area contributed by atoms with Gasteiger partial charge in [0.25, 0.3) is 5.91 Å². The van der Waals surface area contributed by atoms with Gasteiger partial charge in [-0.15, -0.1) is 11.3 Å². The average Bonchev–Trinajstić information content (AvgIpc) is 3.76. The molecule has 2 aromatic heterocycles. The largest absolute Gasteiger partial charge is 0.450 e. The summed E-state index contributed by atoms with van der Waals surface area (Å²) in [6.45, 7) is 20.7. The number of benzene rings is 2. The number of hydrogen-bond acceptors (Lipinski definition) is 19. The quantitative estimate of drug-likeness (QED) is 0.0223. The van der Waals surface area contributed by atoms with Crippen LogP contribution in [0.1, 0.15) is 125 Å². The van der Waals surface area contributed by atoms with Crippen LogP contribution in [0.15, 0.2) is 82.4 Å². The number of aliphatic imine (C=N–C) groups is 1. The van der Waals surface area contributed by atoms with Crippen LogP contribution in [-0.2, 0) is 56.0 Å². The van der Waals surface area contributed by atoms with Gasteiger partial charge in [0.2, 0.25) is 17.5 Å². The van der Waals surface area contributed by atoms with E-state index in [1.54, 1.807) is 83.1 Å². The minimum atomic E-state index is -1.55. The van der Waals surface area contributed by atoms with Gasteiger partial charge in [0.15, 0.2) is 16.9 Å². The summed E-state index contributed by atoms with van der Waals surface area (Å²) in [4.78, 5) is 113. The van der Waals surface area contributed by atoms with Crippen molar-refractivity contribution >= 4 is 70.3 Å². The van der Waals surface area contributed by atoms with E-state index in [0.717, 1.165) is 22.5 Å². The summed E-state index contributed by atoms with van der Waals surface area (Å²) in [5, 5.41) is 25.2. The number of hydrogen-bond donors (Lipinski definition) is 4. The number of carbonyl (C=O) groups is 7. The zero-order chi connectivity index (χ0) is 58.4. The summed E-state index contributed by atoms with van der Waals surface area (Å²) in [6, 6.07) is 16.5. The van der Waals surface area contributed by atoms with Gasteiger partial charge in [0.1, 0.15) is 39.8 Å². The summed E-state index contributed by atoms with van der Waals surface area (Å²) in [5.74, 6) is -2.61. The maximum absolute atomic E-state index is 14.3. The van der Waals surface area contributed by atoms with Crippen molar-refractivity contribution in [2.75, 3.05) is 25.0 Å². The summed E-state index contributed by atoms with van der Waals surface area (Å²) in [6.07, 6.45) is -1.95. The highest BCUT2D eigenvalue weighted by atomic mass is 32.1. The number of nitrogens with zero attached hydrogens (tertiary/aromatic N) is 8. The van der Waals surface area contributed by atoms with Crippen molar-refractivity contribution in [3.8, 4) is 0 Å². The Morgan fingerprint density at radius 3 is 1.96 bits per heavy atom. The van der Waals surface area contributed by atoms with Crippen LogP contribution in [0, 0.1) is 5.92 Å². The maximum Gasteiger partial charge on any atom is 0.417 e. The molecule has 4 aromatic rings. The third-order valence-corrected chi connectivity index (χ3v) is 12.3. The number of β-lactam (4-membered cyclic amide) rings is 1. The Labute approximate surface area is 467 Å². The Hall–Kier alpha value is -8.16. The zero-order valence-electron chi connectivity index (χ0n) is 47.0. The first-order valence-corrected chi connectivity index (χ1v) is 26.9. The number of aromatic nitrogens is 4. The van der Waals surface area contributed by atoms with Crippen LogP contribution in [0.4, 0.5) is 24.3 Å². The van der Waals surface area contributed by atoms with Gasteiger partial charge in [-0.25, -0.2) is 38.8 Å². The van der Waals surface area contributed by atoms with Gasteiger partial charge in [0.05, 0.1) is 25.3 Å². The molecule has 80 heavy (non-hydrogen) atoms. The molecule has 1 aliphatic carbocycles. The Bertz CT molecular complexity index is 2920. The number of likely N-dealkylation sites (tertiary alicyclic amines) is 1. The van der Waals surface area contributed by atoms with Crippen LogP contribution >= 0.6 is 11.3 Å². The molecule has 4 heterocycles. The fourth-order valence-electron chi connectivity index (χ4n) is 7.78. The van der Waals surface area contributed by atoms with Gasteiger partial charge in [0, 0.05) is 43.8 Å². The van der Waals surface area contributed by atoms with E-state index in [1.807, 2.05) is 60.7 Å². The second kappa shape index (κ2) is 24.1. The zero-order valence-corrected chi connectivity index (χ0v) is 47.8. The van der Waals surface area contributed by atoms with Gasteiger partial charge in [-0.2, -0.15) is 15.0 Å². The number of oxime groups is 1. The van der Waals surface area contributed by atoms with Crippen LogP contribution in [0.5, 0.6) is 0 Å². The number of rotatable bonds is 16. The van der Waals surface area contributed by atoms with E-state index in [1.165, 1.54) is 26.2 Å². The number of anilines is 1. The van der Waals surface area contributed by atoms with E-state index in [4.69, 9.17) is 28.5 Å². The van der Waals surface area contributed by atoms with Crippen LogP contribution in [0.2, 0.25) is 0 Å². The predicted octanol–water partition coefficient (Wildman–Crippen LogP) is 6.84. The number of ether oxygens (including phenoxy) is 5.